The first-order chi connectivity index (χ1) is 25.2. The summed E-state index contributed by atoms with van der Waals surface area (Å²) in [5.74, 6) is -5.10. The molecule has 2 saturated carbocycles. The summed E-state index contributed by atoms with van der Waals surface area (Å²) in [4.78, 5) is 16.7. The Hall–Kier alpha value is -3.65. The third kappa shape index (κ3) is 9.92. The molecular formula is C38H39Cl3F4N8. The summed E-state index contributed by atoms with van der Waals surface area (Å²) in [6.45, 7) is 0. The molecule has 4 aliphatic carbocycles. The van der Waals surface area contributed by atoms with Gasteiger partial charge in [-0.25, -0.2) is 37.5 Å². The number of nitrogens with one attached hydrogen (secondary N) is 1. The molecule has 4 atom stereocenters. The smallest absolute Gasteiger partial charge is 0.251 e. The third-order valence-corrected chi connectivity index (χ3v) is 10.1. The lowest BCUT2D eigenvalue weighted by Crippen LogP contribution is -2.45. The maximum atomic E-state index is 13.8. The van der Waals surface area contributed by atoms with Gasteiger partial charge in [-0.1, -0.05) is 83.9 Å². The van der Waals surface area contributed by atoms with E-state index in [9.17, 15) is 17.6 Å². The molecule has 15 heteroatoms. The number of aromatic nitrogens is 4. The molecule has 4 aliphatic rings. The average molecular weight is 790 g/mol. The molecule has 2 fully saturated rings. The Morgan fingerprint density at radius 2 is 1.09 bits per heavy atom. The van der Waals surface area contributed by atoms with Crippen LogP contribution in [0.3, 0.4) is 0 Å². The fourth-order valence-corrected chi connectivity index (χ4v) is 7.75. The van der Waals surface area contributed by atoms with Crippen molar-refractivity contribution in [2.24, 2.45) is 17.2 Å². The number of halogens is 7. The van der Waals surface area contributed by atoms with E-state index >= 15 is 0 Å². The van der Waals surface area contributed by atoms with Gasteiger partial charge < -0.3 is 22.5 Å². The van der Waals surface area contributed by atoms with Gasteiger partial charge >= 0.3 is 0 Å². The van der Waals surface area contributed by atoms with Crippen LogP contribution in [0.5, 0.6) is 0 Å². The lowest BCUT2D eigenvalue weighted by molar-refractivity contribution is -0.0458. The van der Waals surface area contributed by atoms with E-state index in [1.54, 1.807) is 0 Å². The van der Waals surface area contributed by atoms with Crippen LogP contribution in [-0.4, -0.2) is 55.9 Å². The van der Waals surface area contributed by atoms with Crippen LogP contribution in [0.25, 0.3) is 11.1 Å². The van der Waals surface area contributed by atoms with Crippen molar-refractivity contribution in [2.75, 3.05) is 5.32 Å². The Morgan fingerprint density at radius 1 is 0.623 bits per heavy atom. The SMILES string of the molecule is Clc1ncc(Cl)c(C2=CCc3ccccc32)n1.NC1CC(N)CC(F)(F)C1.NC1CC(Nc2ncc(Cl)c(C3=CCc4ccccc43)n2)CC(F)(F)C1. The van der Waals surface area contributed by atoms with Crippen LogP contribution in [-0.2, 0) is 12.8 Å². The second kappa shape index (κ2) is 16.4. The van der Waals surface area contributed by atoms with E-state index in [0.29, 0.717) is 40.2 Å². The summed E-state index contributed by atoms with van der Waals surface area (Å²) in [6, 6.07) is 14.4. The molecule has 2 aromatic carbocycles. The molecule has 4 aromatic rings. The minimum absolute atomic E-state index is 0.208. The Balaban J connectivity index is 0.000000152. The van der Waals surface area contributed by atoms with E-state index in [-0.39, 0.29) is 31.0 Å². The van der Waals surface area contributed by atoms with Gasteiger partial charge in [0.1, 0.15) is 0 Å². The van der Waals surface area contributed by atoms with Gasteiger partial charge in [0.25, 0.3) is 11.8 Å². The van der Waals surface area contributed by atoms with Crippen molar-refractivity contribution >= 4 is 51.9 Å². The van der Waals surface area contributed by atoms with Crippen LogP contribution in [0.4, 0.5) is 23.5 Å². The number of alkyl halides is 4. The quantitative estimate of drug-likeness (QED) is 0.120. The molecule has 53 heavy (non-hydrogen) atoms. The van der Waals surface area contributed by atoms with Gasteiger partial charge in [-0.3, -0.25) is 0 Å². The number of fused-ring (bicyclic) bond motifs is 2. The predicted octanol–water partition coefficient (Wildman–Crippen LogP) is 8.28. The lowest BCUT2D eigenvalue weighted by Gasteiger charge is -2.33. The maximum Gasteiger partial charge on any atom is 0.251 e. The molecule has 4 unspecified atom stereocenters. The normalized spacial score (nSPS) is 23.6. The van der Waals surface area contributed by atoms with Gasteiger partial charge in [0.05, 0.1) is 33.8 Å². The van der Waals surface area contributed by atoms with E-state index < -0.39 is 36.0 Å². The fourth-order valence-electron chi connectivity index (χ4n) is 7.23. The second-order valence-electron chi connectivity index (χ2n) is 13.8. The number of anilines is 1. The minimum atomic E-state index is -2.77. The molecule has 0 aliphatic heterocycles. The summed E-state index contributed by atoms with van der Waals surface area (Å²) in [6.07, 6.45) is 8.99. The van der Waals surface area contributed by atoms with Crippen molar-refractivity contribution in [1.29, 1.82) is 0 Å². The monoisotopic (exact) mass is 788 g/mol. The van der Waals surface area contributed by atoms with E-state index in [1.165, 1.54) is 29.1 Å². The average Bonchev–Trinajstić information content (AvgIpc) is 3.70. The van der Waals surface area contributed by atoms with Crippen LogP contribution in [0.15, 0.2) is 73.1 Å². The highest BCUT2D eigenvalue weighted by molar-refractivity contribution is 6.33. The number of allylic oxidation sites excluding steroid dienone is 2. The van der Waals surface area contributed by atoms with Crippen LogP contribution < -0.4 is 22.5 Å². The molecule has 0 amide bonds. The van der Waals surface area contributed by atoms with E-state index in [2.05, 4.69) is 55.6 Å². The molecule has 7 N–H and O–H groups in total. The number of rotatable bonds is 4. The maximum absolute atomic E-state index is 13.8. The highest BCUT2D eigenvalue weighted by atomic mass is 35.5. The summed E-state index contributed by atoms with van der Waals surface area (Å²) in [7, 11) is 0. The molecule has 0 spiro atoms. The van der Waals surface area contributed by atoms with Crippen molar-refractivity contribution in [3.05, 3.63) is 122 Å². The zero-order valence-corrected chi connectivity index (χ0v) is 30.8. The Bertz CT molecular complexity index is 2000. The molecule has 2 heterocycles. The number of hydrogen-bond acceptors (Lipinski definition) is 8. The molecule has 8 nitrogen and oxygen atoms in total. The number of hydrogen-bond donors (Lipinski definition) is 4. The van der Waals surface area contributed by atoms with Crippen LogP contribution in [0, 0.1) is 0 Å². The number of nitrogens with zero attached hydrogens (tertiary/aromatic N) is 4. The zero-order valence-electron chi connectivity index (χ0n) is 28.6. The number of benzene rings is 2. The highest BCUT2D eigenvalue weighted by Gasteiger charge is 2.40. The van der Waals surface area contributed by atoms with Crippen LogP contribution in [0.2, 0.25) is 15.3 Å². The van der Waals surface area contributed by atoms with Gasteiger partial charge in [0.2, 0.25) is 11.2 Å². The van der Waals surface area contributed by atoms with Gasteiger partial charge in [0.15, 0.2) is 0 Å². The Labute approximate surface area is 320 Å². The van der Waals surface area contributed by atoms with E-state index in [4.69, 9.17) is 52.0 Å². The lowest BCUT2D eigenvalue weighted by atomic mass is 9.88. The molecule has 0 bridgehead atoms. The molecule has 2 aromatic heterocycles. The van der Waals surface area contributed by atoms with Crippen LogP contribution >= 0.6 is 34.8 Å². The predicted molar refractivity (Wildman–Crippen MR) is 202 cm³/mol. The fraction of sp³-hybridized carbons (Fsp3) is 0.368. The summed E-state index contributed by atoms with van der Waals surface area (Å²) < 4.78 is 52.6. The zero-order chi connectivity index (χ0) is 37.9. The topological polar surface area (TPSA) is 142 Å². The first-order valence-corrected chi connectivity index (χ1v) is 18.4. The molecule has 0 saturated heterocycles. The van der Waals surface area contributed by atoms with Crippen molar-refractivity contribution in [3.8, 4) is 0 Å². The first kappa shape index (κ1) is 39.1. The summed E-state index contributed by atoms with van der Waals surface area (Å²) in [5.41, 5.74) is 24.5. The largest absolute Gasteiger partial charge is 0.351 e. The summed E-state index contributed by atoms with van der Waals surface area (Å²) >= 11 is 18.3. The van der Waals surface area contributed by atoms with Crippen molar-refractivity contribution in [2.45, 2.75) is 87.4 Å². The molecule has 8 rings (SSSR count). The first-order valence-electron chi connectivity index (χ1n) is 17.2. The molecule has 280 valence electrons. The third-order valence-electron chi connectivity index (χ3n) is 9.39. The second-order valence-corrected chi connectivity index (χ2v) is 15.0. The highest BCUT2D eigenvalue weighted by Crippen LogP contribution is 2.38. The van der Waals surface area contributed by atoms with Gasteiger partial charge in [-0.15, -0.1) is 0 Å². The van der Waals surface area contributed by atoms with E-state index in [1.807, 2.05) is 30.3 Å². The van der Waals surface area contributed by atoms with Crippen LogP contribution in [0.1, 0.15) is 72.2 Å². The molecular weight excluding hydrogens is 751 g/mol. The van der Waals surface area contributed by atoms with Crippen molar-refractivity contribution in [3.63, 3.8) is 0 Å². The van der Waals surface area contributed by atoms with Gasteiger partial charge in [0, 0.05) is 61.0 Å². The van der Waals surface area contributed by atoms with Crippen molar-refractivity contribution < 1.29 is 17.6 Å². The van der Waals surface area contributed by atoms with E-state index in [0.717, 1.165) is 29.6 Å². The number of nitrogens with two attached hydrogens (primary N) is 3. The minimum Gasteiger partial charge on any atom is -0.351 e. The standard InChI is InChI=1S/C19H19ClF2N4.C13H8Cl2N2.C6H12F2N2/c20-16-10-24-18(25-13-7-12(23)8-19(21,22)9-13)26-17(16)15-6-5-11-3-1-2-4-14(11)15;14-11-7-16-13(15)17-12(11)10-6-5-8-3-1-2-4-9(8)10;7-6(8)2-4(9)1-5(10)3-6/h1-4,6,10,12-13H,5,7-9,23H2,(H,24,25,26);1-4,6-7H,5H2;4-5H,1-3,9-10H2. The van der Waals surface area contributed by atoms with Gasteiger partial charge in [-0.2, -0.15) is 0 Å². The van der Waals surface area contributed by atoms with Crippen molar-refractivity contribution in [1.82, 2.24) is 19.9 Å². The Morgan fingerprint density at radius 3 is 1.62 bits per heavy atom. The summed E-state index contributed by atoms with van der Waals surface area (Å²) in [5, 5.41) is 4.19. The van der Waals surface area contributed by atoms with Gasteiger partial charge in [-0.05, 0) is 59.5 Å². The molecule has 0 radical (unpaired) electrons. The Kier molecular flexibility index (Phi) is 12.1.